The molecule has 29 heavy (non-hydrogen) atoms. The van der Waals surface area contributed by atoms with Crippen LogP contribution in [0.3, 0.4) is 0 Å². The molecule has 0 bridgehead atoms. The summed E-state index contributed by atoms with van der Waals surface area (Å²) >= 11 is 0. The molecule has 0 radical (unpaired) electrons. The molecule has 2 aromatic heterocycles. The van der Waals surface area contributed by atoms with Gasteiger partial charge in [-0.05, 0) is 43.2 Å². The molecule has 0 unspecified atom stereocenters. The number of aromatic amines is 1. The number of aryl methyl sites for hydroxylation is 1. The van der Waals surface area contributed by atoms with E-state index in [1.165, 1.54) is 0 Å². The molecular formula is C22H20N4O3. The molecule has 0 fully saturated rings. The standard InChI is InChI=1S/C22H20N4O3/c1-14-11-20(26-29-14)25-22(28)16-6-4-5-15(12-16)21(27)23-10-9-17-13-24-19-8-3-2-7-18(17)19/h2-8,11-13,24H,9-10H2,1H3,(H,23,27)(H,25,26,28). The summed E-state index contributed by atoms with van der Waals surface area (Å²) < 4.78 is 4.93. The van der Waals surface area contributed by atoms with Gasteiger partial charge in [-0.3, -0.25) is 9.59 Å². The van der Waals surface area contributed by atoms with Crippen molar-refractivity contribution in [3.05, 3.63) is 83.2 Å². The molecule has 4 rings (SSSR count). The number of anilines is 1. The Morgan fingerprint density at radius 3 is 2.62 bits per heavy atom. The second-order valence-corrected chi connectivity index (χ2v) is 6.72. The van der Waals surface area contributed by atoms with Gasteiger partial charge in [0.25, 0.3) is 11.8 Å². The molecule has 0 saturated heterocycles. The summed E-state index contributed by atoms with van der Waals surface area (Å²) in [5.41, 5.74) is 3.02. The number of hydrogen-bond donors (Lipinski definition) is 3. The van der Waals surface area contributed by atoms with Crippen LogP contribution in [-0.4, -0.2) is 28.5 Å². The first kappa shape index (κ1) is 18.5. The highest BCUT2D eigenvalue weighted by molar-refractivity contribution is 6.05. The number of nitrogens with zero attached hydrogens (tertiary/aromatic N) is 1. The van der Waals surface area contributed by atoms with Crippen molar-refractivity contribution in [2.24, 2.45) is 0 Å². The first-order chi connectivity index (χ1) is 14.1. The third kappa shape index (κ3) is 4.19. The molecule has 0 saturated carbocycles. The fraction of sp³-hybridized carbons (Fsp3) is 0.136. The van der Waals surface area contributed by atoms with Crippen molar-refractivity contribution in [2.75, 3.05) is 11.9 Å². The Hall–Kier alpha value is -3.87. The Balaban J connectivity index is 1.37. The van der Waals surface area contributed by atoms with Crippen LogP contribution >= 0.6 is 0 Å². The Bertz CT molecular complexity index is 1180. The number of benzene rings is 2. The molecule has 7 heteroatoms. The maximum absolute atomic E-state index is 12.5. The lowest BCUT2D eigenvalue weighted by Crippen LogP contribution is -2.26. The molecule has 0 aliphatic heterocycles. The fourth-order valence-electron chi connectivity index (χ4n) is 3.17. The van der Waals surface area contributed by atoms with Crippen LogP contribution in [0.1, 0.15) is 32.0 Å². The van der Waals surface area contributed by atoms with Crippen LogP contribution in [0.4, 0.5) is 5.82 Å². The Morgan fingerprint density at radius 2 is 1.83 bits per heavy atom. The number of nitrogens with one attached hydrogen (secondary N) is 3. The summed E-state index contributed by atoms with van der Waals surface area (Å²) in [7, 11) is 0. The lowest BCUT2D eigenvalue weighted by Gasteiger charge is -2.07. The highest BCUT2D eigenvalue weighted by atomic mass is 16.5. The van der Waals surface area contributed by atoms with E-state index >= 15 is 0 Å². The van der Waals surface area contributed by atoms with E-state index in [4.69, 9.17) is 4.52 Å². The number of fused-ring (bicyclic) bond motifs is 1. The maximum Gasteiger partial charge on any atom is 0.256 e. The summed E-state index contributed by atoms with van der Waals surface area (Å²) in [4.78, 5) is 28.1. The molecule has 146 valence electrons. The zero-order valence-corrected chi connectivity index (χ0v) is 15.9. The quantitative estimate of drug-likeness (QED) is 0.469. The minimum atomic E-state index is -0.355. The third-order valence-electron chi connectivity index (χ3n) is 4.61. The fourth-order valence-corrected chi connectivity index (χ4v) is 3.17. The topological polar surface area (TPSA) is 100 Å². The maximum atomic E-state index is 12.5. The molecular weight excluding hydrogens is 368 g/mol. The smallest absolute Gasteiger partial charge is 0.256 e. The van der Waals surface area contributed by atoms with E-state index in [9.17, 15) is 9.59 Å². The highest BCUT2D eigenvalue weighted by Gasteiger charge is 2.12. The van der Waals surface area contributed by atoms with Gasteiger partial charge in [0.1, 0.15) is 5.76 Å². The number of rotatable bonds is 6. The van der Waals surface area contributed by atoms with Gasteiger partial charge in [-0.15, -0.1) is 0 Å². The molecule has 3 N–H and O–H groups in total. The second kappa shape index (κ2) is 8.02. The van der Waals surface area contributed by atoms with Crippen LogP contribution in [0.15, 0.2) is 65.3 Å². The van der Waals surface area contributed by atoms with Gasteiger partial charge < -0.3 is 20.1 Å². The molecule has 4 aromatic rings. The number of amides is 2. The van der Waals surface area contributed by atoms with E-state index in [-0.39, 0.29) is 11.8 Å². The van der Waals surface area contributed by atoms with E-state index in [2.05, 4.69) is 26.8 Å². The summed E-state index contributed by atoms with van der Waals surface area (Å²) in [6, 6.07) is 16.2. The van der Waals surface area contributed by atoms with E-state index in [0.717, 1.165) is 16.5 Å². The van der Waals surface area contributed by atoms with Crippen molar-refractivity contribution in [1.82, 2.24) is 15.5 Å². The van der Waals surface area contributed by atoms with E-state index in [1.54, 1.807) is 37.3 Å². The molecule has 2 heterocycles. The molecule has 2 aromatic carbocycles. The first-order valence-corrected chi connectivity index (χ1v) is 9.28. The zero-order chi connectivity index (χ0) is 20.2. The minimum absolute atomic E-state index is 0.225. The van der Waals surface area contributed by atoms with Gasteiger partial charge in [0.05, 0.1) is 0 Å². The molecule has 0 aliphatic rings. The van der Waals surface area contributed by atoms with Crippen molar-refractivity contribution in [2.45, 2.75) is 13.3 Å². The zero-order valence-electron chi connectivity index (χ0n) is 15.9. The van der Waals surface area contributed by atoms with Gasteiger partial charge in [-0.25, -0.2) is 0 Å². The number of aromatic nitrogens is 2. The number of carbonyl (C=O) groups is 2. The van der Waals surface area contributed by atoms with Gasteiger partial charge in [-0.1, -0.05) is 29.4 Å². The van der Waals surface area contributed by atoms with Crippen LogP contribution in [0, 0.1) is 6.92 Å². The van der Waals surface area contributed by atoms with Gasteiger partial charge in [0.2, 0.25) is 0 Å². The largest absolute Gasteiger partial charge is 0.361 e. The second-order valence-electron chi connectivity index (χ2n) is 6.72. The Kier molecular flexibility index (Phi) is 5.11. The monoisotopic (exact) mass is 388 g/mol. The van der Waals surface area contributed by atoms with Crippen LogP contribution in [-0.2, 0) is 6.42 Å². The van der Waals surface area contributed by atoms with Crippen molar-refractivity contribution in [3.63, 3.8) is 0 Å². The minimum Gasteiger partial charge on any atom is -0.361 e. The third-order valence-corrected chi connectivity index (χ3v) is 4.61. The number of para-hydroxylation sites is 1. The Labute approximate surface area is 167 Å². The normalized spacial score (nSPS) is 10.8. The van der Waals surface area contributed by atoms with Crippen molar-refractivity contribution < 1.29 is 14.1 Å². The Morgan fingerprint density at radius 1 is 1.03 bits per heavy atom. The number of H-pyrrole nitrogens is 1. The van der Waals surface area contributed by atoms with E-state index in [0.29, 0.717) is 35.7 Å². The van der Waals surface area contributed by atoms with E-state index < -0.39 is 0 Å². The summed E-state index contributed by atoms with van der Waals surface area (Å²) in [5.74, 6) is 0.355. The van der Waals surface area contributed by atoms with Gasteiger partial charge in [0.15, 0.2) is 5.82 Å². The van der Waals surface area contributed by atoms with Crippen LogP contribution in [0.25, 0.3) is 10.9 Å². The first-order valence-electron chi connectivity index (χ1n) is 9.28. The lowest BCUT2D eigenvalue weighted by molar-refractivity contribution is 0.0954. The molecule has 2 amide bonds. The van der Waals surface area contributed by atoms with Crippen LogP contribution in [0.5, 0.6) is 0 Å². The summed E-state index contributed by atoms with van der Waals surface area (Å²) in [6.45, 7) is 2.24. The lowest BCUT2D eigenvalue weighted by atomic mass is 10.1. The number of hydrogen-bond acceptors (Lipinski definition) is 4. The molecule has 0 aliphatic carbocycles. The average Bonchev–Trinajstić information content (AvgIpc) is 3.34. The van der Waals surface area contributed by atoms with Gasteiger partial charge >= 0.3 is 0 Å². The summed E-state index contributed by atoms with van der Waals surface area (Å²) in [6.07, 6.45) is 2.68. The average molecular weight is 388 g/mol. The molecule has 0 atom stereocenters. The number of carbonyl (C=O) groups excluding carboxylic acids is 2. The van der Waals surface area contributed by atoms with Gasteiger partial charge in [-0.2, -0.15) is 0 Å². The van der Waals surface area contributed by atoms with Crippen molar-refractivity contribution in [1.29, 1.82) is 0 Å². The predicted octanol–water partition coefficient (Wildman–Crippen LogP) is 3.69. The summed E-state index contributed by atoms with van der Waals surface area (Å²) in [5, 5.41) is 10.4. The van der Waals surface area contributed by atoms with Crippen LogP contribution < -0.4 is 10.6 Å². The van der Waals surface area contributed by atoms with E-state index in [1.807, 2.05) is 24.4 Å². The molecule has 0 spiro atoms. The van der Waals surface area contributed by atoms with Crippen molar-refractivity contribution in [3.8, 4) is 0 Å². The van der Waals surface area contributed by atoms with Crippen molar-refractivity contribution >= 4 is 28.5 Å². The highest BCUT2D eigenvalue weighted by Crippen LogP contribution is 2.18. The van der Waals surface area contributed by atoms with Crippen LogP contribution in [0.2, 0.25) is 0 Å². The van der Waals surface area contributed by atoms with Gasteiger partial charge in [0, 0.05) is 40.8 Å². The molecule has 7 nitrogen and oxygen atoms in total. The SMILES string of the molecule is Cc1cc(NC(=O)c2cccc(C(=O)NCCc3c[nH]c4ccccc34)c2)no1. The predicted molar refractivity (Wildman–Crippen MR) is 110 cm³/mol.